The first kappa shape index (κ1) is 11.7. The molecule has 0 aliphatic carbocycles. The fraction of sp³-hybridized carbons (Fsp3) is 0.600. The second-order valence-corrected chi connectivity index (χ2v) is 3.86. The van der Waals surface area contributed by atoms with Gasteiger partial charge >= 0.3 is 0 Å². The Kier molecular flexibility index (Phi) is 3.47. The van der Waals surface area contributed by atoms with Gasteiger partial charge in [-0.3, -0.25) is 4.79 Å². The molecule has 5 nitrogen and oxygen atoms in total. The Hall–Kier alpha value is -1.36. The largest absolute Gasteiger partial charge is 0.388 e. The zero-order valence-electron chi connectivity index (χ0n) is 9.20. The molecule has 0 aliphatic rings. The van der Waals surface area contributed by atoms with Crippen LogP contribution < -0.4 is 5.32 Å². The Morgan fingerprint density at radius 3 is 2.87 bits per heavy atom. The molecule has 0 aromatic carbocycles. The van der Waals surface area contributed by atoms with E-state index < -0.39 is 5.60 Å². The minimum Gasteiger partial charge on any atom is -0.388 e. The lowest BCUT2D eigenvalue weighted by molar-refractivity contribution is 0.0516. The van der Waals surface area contributed by atoms with E-state index in [-0.39, 0.29) is 18.1 Å². The molecular formula is C10H16N2O3. The number of nitrogens with zero attached hydrogens (tertiary/aromatic N) is 1. The molecule has 84 valence electrons. The van der Waals surface area contributed by atoms with Crippen LogP contribution in [0.3, 0.4) is 0 Å². The number of carbonyl (C=O) groups is 1. The second-order valence-electron chi connectivity index (χ2n) is 3.86. The highest BCUT2D eigenvalue weighted by atomic mass is 16.5. The molecule has 0 aliphatic heterocycles. The average molecular weight is 212 g/mol. The van der Waals surface area contributed by atoms with Crippen molar-refractivity contribution in [2.75, 3.05) is 6.54 Å². The van der Waals surface area contributed by atoms with E-state index in [4.69, 9.17) is 4.52 Å². The van der Waals surface area contributed by atoms with Crippen LogP contribution in [-0.2, 0) is 0 Å². The third-order valence-electron chi connectivity index (χ3n) is 2.25. The van der Waals surface area contributed by atoms with E-state index in [0.717, 1.165) is 0 Å². The summed E-state index contributed by atoms with van der Waals surface area (Å²) in [6, 6.07) is 1.55. The maximum atomic E-state index is 11.5. The number of hydrogen-bond donors (Lipinski definition) is 2. The number of carbonyl (C=O) groups excluding carboxylic acids is 1. The van der Waals surface area contributed by atoms with E-state index in [9.17, 15) is 9.90 Å². The first-order valence-corrected chi connectivity index (χ1v) is 4.88. The van der Waals surface area contributed by atoms with E-state index in [2.05, 4.69) is 10.5 Å². The van der Waals surface area contributed by atoms with Gasteiger partial charge in [0.05, 0.1) is 5.60 Å². The van der Waals surface area contributed by atoms with Crippen LogP contribution in [0.15, 0.2) is 10.6 Å². The minimum atomic E-state index is -0.881. The summed E-state index contributed by atoms with van der Waals surface area (Å²) in [5.41, 5.74) is -0.645. The molecule has 0 saturated carbocycles. The first-order valence-electron chi connectivity index (χ1n) is 4.88. The predicted octanol–water partition coefficient (Wildman–Crippen LogP) is 0.874. The maximum Gasteiger partial charge on any atom is 0.273 e. The van der Waals surface area contributed by atoms with Gasteiger partial charge < -0.3 is 14.9 Å². The molecule has 1 amide bonds. The van der Waals surface area contributed by atoms with Crippen LogP contribution in [0.4, 0.5) is 0 Å². The van der Waals surface area contributed by atoms with Crippen LogP contribution in [0.5, 0.6) is 0 Å². The number of rotatable bonds is 4. The van der Waals surface area contributed by atoms with E-state index in [1.54, 1.807) is 19.9 Å². The van der Waals surface area contributed by atoms with Crippen LogP contribution >= 0.6 is 0 Å². The van der Waals surface area contributed by atoms with E-state index in [1.165, 1.54) is 0 Å². The average Bonchev–Trinajstić information content (AvgIpc) is 2.61. The third-order valence-corrected chi connectivity index (χ3v) is 2.25. The molecular weight excluding hydrogens is 196 g/mol. The highest BCUT2D eigenvalue weighted by Crippen LogP contribution is 2.07. The zero-order valence-corrected chi connectivity index (χ0v) is 9.20. The van der Waals surface area contributed by atoms with Crippen molar-refractivity contribution < 1.29 is 14.4 Å². The smallest absolute Gasteiger partial charge is 0.273 e. The molecule has 1 atom stereocenters. The standard InChI is InChI=1S/C10H16N2O3/c1-4-10(3,14)6-11-9(13)8-5-7(2)15-12-8/h5,14H,4,6H2,1-3H3,(H,11,13). The molecule has 15 heavy (non-hydrogen) atoms. The summed E-state index contributed by atoms with van der Waals surface area (Å²) in [5.74, 6) is 0.253. The summed E-state index contributed by atoms with van der Waals surface area (Å²) in [6.45, 7) is 5.44. The topological polar surface area (TPSA) is 75.4 Å². The number of amides is 1. The van der Waals surface area contributed by atoms with Gasteiger partial charge in [0.2, 0.25) is 0 Å². The molecule has 0 fully saturated rings. The van der Waals surface area contributed by atoms with Gasteiger partial charge in [0, 0.05) is 12.6 Å². The molecule has 1 unspecified atom stereocenters. The number of aliphatic hydroxyl groups is 1. The van der Waals surface area contributed by atoms with Crippen LogP contribution in [0.1, 0.15) is 36.5 Å². The van der Waals surface area contributed by atoms with Crippen molar-refractivity contribution in [1.29, 1.82) is 0 Å². The van der Waals surface area contributed by atoms with Gasteiger partial charge in [-0.1, -0.05) is 12.1 Å². The summed E-state index contributed by atoms with van der Waals surface area (Å²) >= 11 is 0. The molecule has 2 N–H and O–H groups in total. The monoisotopic (exact) mass is 212 g/mol. The zero-order chi connectivity index (χ0) is 11.5. The van der Waals surface area contributed by atoms with Crippen molar-refractivity contribution in [2.24, 2.45) is 0 Å². The molecule has 1 heterocycles. The summed E-state index contributed by atoms with van der Waals surface area (Å²) in [7, 11) is 0. The van der Waals surface area contributed by atoms with E-state index >= 15 is 0 Å². The Morgan fingerprint density at radius 2 is 2.40 bits per heavy atom. The lowest BCUT2D eigenvalue weighted by atomic mass is 10.0. The Morgan fingerprint density at radius 1 is 1.73 bits per heavy atom. The van der Waals surface area contributed by atoms with Crippen molar-refractivity contribution in [3.05, 3.63) is 17.5 Å². The van der Waals surface area contributed by atoms with Crippen molar-refractivity contribution in [2.45, 2.75) is 32.8 Å². The van der Waals surface area contributed by atoms with E-state index in [0.29, 0.717) is 12.2 Å². The number of nitrogens with one attached hydrogen (secondary N) is 1. The third kappa shape index (κ3) is 3.36. The van der Waals surface area contributed by atoms with Gasteiger partial charge in [-0.15, -0.1) is 0 Å². The van der Waals surface area contributed by atoms with Crippen LogP contribution in [0.2, 0.25) is 0 Å². The van der Waals surface area contributed by atoms with Gasteiger partial charge in [-0.05, 0) is 20.3 Å². The lowest BCUT2D eigenvalue weighted by Crippen LogP contribution is -2.40. The molecule has 1 rings (SSSR count). The Labute approximate surface area is 88.5 Å². The van der Waals surface area contributed by atoms with Crippen molar-refractivity contribution in [1.82, 2.24) is 10.5 Å². The molecule has 0 bridgehead atoms. The van der Waals surface area contributed by atoms with Gasteiger partial charge in [-0.25, -0.2) is 0 Å². The second kappa shape index (κ2) is 4.44. The molecule has 1 aromatic rings. The van der Waals surface area contributed by atoms with Crippen molar-refractivity contribution >= 4 is 5.91 Å². The highest BCUT2D eigenvalue weighted by Gasteiger charge is 2.19. The number of aryl methyl sites for hydroxylation is 1. The van der Waals surface area contributed by atoms with Gasteiger partial charge in [0.15, 0.2) is 5.69 Å². The molecule has 5 heteroatoms. The number of aromatic nitrogens is 1. The van der Waals surface area contributed by atoms with Gasteiger partial charge in [0.1, 0.15) is 5.76 Å². The number of hydrogen-bond acceptors (Lipinski definition) is 4. The summed E-state index contributed by atoms with van der Waals surface area (Å²) in [5, 5.41) is 15.8. The van der Waals surface area contributed by atoms with Gasteiger partial charge in [0.25, 0.3) is 5.91 Å². The lowest BCUT2D eigenvalue weighted by Gasteiger charge is -2.20. The Balaban J connectivity index is 2.50. The fourth-order valence-corrected chi connectivity index (χ4v) is 0.960. The summed E-state index contributed by atoms with van der Waals surface area (Å²) in [4.78, 5) is 11.5. The van der Waals surface area contributed by atoms with Crippen molar-refractivity contribution in [3.8, 4) is 0 Å². The highest BCUT2D eigenvalue weighted by molar-refractivity contribution is 5.92. The predicted molar refractivity (Wildman–Crippen MR) is 54.5 cm³/mol. The molecule has 1 aromatic heterocycles. The fourth-order valence-electron chi connectivity index (χ4n) is 0.960. The molecule has 0 saturated heterocycles. The molecule has 0 radical (unpaired) electrons. The SMILES string of the molecule is CCC(C)(O)CNC(=O)c1cc(C)on1. The van der Waals surface area contributed by atoms with E-state index in [1.807, 2.05) is 6.92 Å². The van der Waals surface area contributed by atoms with Crippen molar-refractivity contribution in [3.63, 3.8) is 0 Å². The Bertz CT molecular complexity index is 344. The molecule has 0 spiro atoms. The van der Waals surface area contributed by atoms with Gasteiger partial charge in [-0.2, -0.15) is 0 Å². The first-order chi connectivity index (χ1) is 6.94. The maximum absolute atomic E-state index is 11.5. The van der Waals surface area contributed by atoms with Crippen LogP contribution in [0.25, 0.3) is 0 Å². The summed E-state index contributed by atoms with van der Waals surface area (Å²) in [6.07, 6.45) is 0.575. The summed E-state index contributed by atoms with van der Waals surface area (Å²) < 4.78 is 4.77. The quantitative estimate of drug-likeness (QED) is 0.776. The normalized spacial score (nSPS) is 14.7. The van der Waals surface area contributed by atoms with Crippen LogP contribution in [0, 0.1) is 6.92 Å². The van der Waals surface area contributed by atoms with Crippen LogP contribution in [-0.4, -0.2) is 28.3 Å². The minimum absolute atomic E-state index is 0.203.